The van der Waals surface area contributed by atoms with Crippen molar-refractivity contribution < 1.29 is 19.1 Å². The lowest BCUT2D eigenvalue weighted by molar-refractivity contribution is -0.135. The van der Waals surface area contributed by atoms with E-state index in [0.29, 0.717) is 23.4 Å². The second-order valence-electron chi connectivity index (χ2n) is 8.05. The SMILES string of the molecule is COc1ccc(C2(C)NC(=O)N(CC(=O)NC3CC4CCC(C3)N4)C2=O)cc1.Cl. The molecular weight excluding hydrogens is 396 g/mol. The van der Waals surface area contributed by atoms with Crippen LogP contribution < -0.4 is 20.7 Å². The number of urea groups is 1. The number of nitrogens with one attached hydrogen (secondary N) is 3. The number of methoxy groups -OCH3 is 1. The molecule has 0 aromatic heterocycles. The van der Waals surface area contributed by atoms with Gasteiger partial charge in [0, 0.05) is 18.1 Å². The van der Waals surface area contributed by atoms with Crippen LogP contribution in [0.15, 0.2) is 24.3 Å². The van der Waals surface area contributed by atoms with Crippen molar-refractivity contribution in [3.63, 3.8) is 0 Å². The van der Waals surface area contributed by atoms with E-state index in [9.17, 15) is 14.4 Å². The molecule has 0 radical (unpaired) electrons. The highest BCUT2D eigenvalue weighted by Gasteiger charge is 2.49. The average molecular weight is 423 g/mol. The zero-order valence-corrected chi connectivity index (χ0v) is 17.4. The Hall–Kier alpha value is -2.32. The first-order valence-electron chi connectivity index (χ1n) is 9.73. The van der Waals surface area contributed by atoms with Gasteiger partial charge in [-0.25, -0.2) is 4.79 Å². The number of carbonyl (C=O) groups is 3. The maximum Gasteiger partial charge on any atom is 0.325 e. The number of benzene rings is 1. The molecule has 0 aliphatic carbocycles. The van der Waals surface area contributed by atoms with Gasteiger partial charge in [-0.1, -0.05) is 12.1 Å². The molecule has 3 aliphatic rings. The van der Waals surface area contributed by atoms with Crippen LogP contribution in [-0.4, -0.2) is 54.5 Å². The minimum atomic E-state index is -1.20. The maximum atomic E-state index is 13.0. The number of rotatable bonds is 5. The summed E-state index contributed by atoms with van der Waals surface area (Å²) in [5.41, 5.74) is -0.554. The van der Waals surface area contributed by atoms with Gasteiger partial charge in [-0.15, -0.1) is 12.4 Å². The zero-order chi connectivity index (χ0) is 19.9. The van der Waals surface area contributed by atoms with Gasteiger partial charge in [-0.2, -0.15) is 0 Å². The van der Waals surface area contributed by atoms with Gasteiger partial charge in [0.1, 0.15) is 17.8 Å². The second-order valence-corrected chi connectivity index (χ2v) is 8.05. The topological polar surface area (TPSA) is 99.8 Å². The number of fused-ring (bicyclic) bond motifs is 2. The number of hydrogen-bond acceptors (Lipinski definition) is 5. The van der Waals surface area contributed by atoms with Crippen molar-refractivity contribution in [1.82, 2.24) is 20.9 Å². The molecule has 3 fully saturated rings. The Morgan fingerprint density at radius 3 is 2.41 bits per heavy atom. The summed E-state index contributed by atoms with van der Waals surface area (Å²) < 4.78 is 5.14. The van der Waals surface area contributed by atoms with Crippen LogP contribution in [0.5, 0.6) is 5.75 Å². The van der Waals surface area contributed by atoms with E-state index in [-0.39, 0.29) is 30.9 Å². The minimum absolute atomic E-state index is 0. The fourth-order valence-electron chi connectivity index (χ4n) is 4.55. The molecule has 3 aliphatic heterocycles. The summed E-state index contributed by atoms with van der Waals surface area (Å²) in [5.74, 6) is -0.0618. The average Bonchev–Trinajstić information content (AvgIpc) is 3.13. The van der Waals surface area contributed by atoms with Gasteiger partial charge >= 0.3 is 6.03 Å². The molecule has 3 heterocycles. The van der Waals surface area contributed by atoms with Gasteiger partial charge in [-0.3, -0.25) is 14.5 Å². The number of piperidine rings is 1. The predicted octanol–water partition coefficient (Wildman–Crippen LogP) is 1.28. The van der Waals surface area contributed by atoms with Gasteiger partial charge in [-0.05, 0) is 50.3 Å². The first-order chi connectivity index (χ1) is 13.4. The van der Waals surface area contributed by atoms with Crippen molar-refractivity contribution in [3.8, 4) is 5.75 Å². The summed E-state index contributed by atoms with van der Waals surface area (Å²) in [4.78, 5) is 38.9. The molecule has 8 nitrogen and oxygen atoms in total. The highest BCUT2D eigenvalue weighted by atomic mass is 35.5. The first kappa shape index (κ1) is 21.4. The van der Waals surface area contributed by atoms with Gasteiger partial charge < -0.3 is 20.7 Å². The monoisotopic (exact) mass is 422 g/mol. The largest absolute Gasteiger partial charge is 0.497 e. The fraction of sp³-hybridized carbons (Fsp3) is 0.550. The molecule has 158 valence electrons. The van der Waals surface area contributed by atoms with E-state index in [4.69, 9.17) is 4.74 Å². The molecule has 3 atom stereocenters. The van der Waals surface area contributed by atoms with Crippen LogP contribution in [0.3, 0.4) is 0 Å². The Morgan fingerprint density at radius 2 is 1.83 bits per heavy atom. The Kier molecular flexibility index (Phi) is 6.05. The molecule has 4 rings (SSSR count). The second kappa shape index (κ2) is 8.20. The van der Waals surface area contributed by atoms with Crippen molar-refractivity contribution >= 4 is 30.3 Å². The summed E-state index contributed by atoms with van der Waals surface area (Å²) in [5, 5.41) is 9.25. The third-order valence-electron chi connectivity index (χ3n) is 6.08. The molecule has 2 bridgehead atoms. The predicted molar refractivity (Wildman–Crippen MR) is 109 cm³/mol. The quantitative estimate of drug-likeness (QED) is 0.621. The molecule has 3 N–H and O–H groups in total. The zero-order valence-electron chi connectivity index (χ0n) is 16.6. The van der Waals surface area contributed by atoms with E-state index in [0.717, 1.165) is 30.6 Å². The lowest BCUT2D eigenvalue weighted by atomic mass is 9.92. The molecule has 1 aromatic rings. The summed E-state index contributed by atoms with van der Waals surface area (Å²) in [6.45, 7) is 1.38. The van der Waals surface area contributed by atoms with Gasteiger partial charge in [0.25, 0.3) is 5.91 Å². The molecule has 3 unspecified atom stereocenters. The van der Waals surface area contributed by atoms with Crippen LogP contribution in [0, 0.1) is 0 Å². The molecular formula is C20H27ClN4O4. The third-order valence-corrected chi connectivity index (χ3v) is 6.08. The van der Waals surface area contributed by atoms with Crippen LogP contribution in [0.2, 0.25) is 0 Å². The molecule has 29 heavy (non-hydrogen) atoms. The van der Waals surface area contributed by atoms with Crippen molar-refractivity contribution in [3.05, 3.63) is 29.8 Å². The number of amides is 4. The van der Waals surface area contributed by atoms with Gasteiger partial charge in [0.15, 0.2) is 0 Å². The number of hydrogen-bond donors (Lipinski definition) is 3. The van der Waals surface area contributed by atoms with Crippen molar-refractivity contribution in [2.75, 3.05) is 13.7 Å². The van der Waals surface area contributed by atoms with E-state index < -0.39 is 17.5 Å². The first-order valence-corrected chi connectivity index (χ1v) is 9.73. The van der Waals surface area contributed by atoms with E-state index in [1.54, 1.807) is 38.3 Å². The molecule has 0 spiro atoms. The molecule has 0 saturated carbocycles. The Bertz CT molecular complexity index is 790. The van der Waals surface area contributed by atoms with Crippen LogP contribution in [0.4, 0.5) is 4.79 Å². The van der Waals surface area contributed by atoms with Crippen molar-refractivity contribution in [1.29, 1.82) is 0 Å². The molecule has 3 saturated heterocycles. The van der Waals surface area contributed by atoms with Gasteiger partial charge in [0.05, 0.1) is 7.11 Å². The number of halogens is 1. The van der Waals surface area contributed by atoms with Gasteiger partial charge in [0.2, 0.25) is 5.91 Å². The van der Waals surface area contributed by atoms with Crippen molar-refractivity contribution in [2.24, 2.45) is 0 Å². The van der Waals surface area contributed by atoms with Crippen LogP contribution in [0.1, 0.15) is 38.2 Å². The lowest BCUT2D eigenvalue weighted by Crippen LogP contribution is -2.50. The smallest absolute Gasteiger partial charge is 0.325 e. The van der Waals surface area contributed by atoms with Crippen LogP contribution in [0.25, 0.3) is 0 Å². The summed E-state index contributed by atoms with van der Waals surface area (Å²) in [6.07, 6.45) is 4.08. The van der Waals surface area contributed by atoms with E-state index >= 15 is 0 Å². The van der Waals surface area contributed by atoms with Crippen LogP contribution in [-0.2, 0) is 15.1 Å². The molecule has 9 heteroatoms. The van der Waals surface area contributed by atoms with E-state index in [1.165, 1.54) is 0 Å². The highest BCUT2D eigenvalue weighted by Crippen LogP contribution is 2.30. The molecule has 4 amide bonds. The highest BCUT2D eigenvalue weighted by molar-refractivity contribution is 6.09. The summed E-state index contributed by atoms with van der Waals surface area (Å²) in [6, 6.07) is 7.42. The standard InChI is InChI=1S/C20H26N4O4.ClH/c1-20(12-3-7-16(28-2)8-4-12)18(26)24(19(27)23-20)11-17(25)22-15-9-13-5-6-14(10-15)21-13;/h3-4,7-8,13-15,21H,5-6,9-11H2,1-2H3,(H,22,25)(H,23,27);1H. The van der Waals surface area contributed by atoms with Crippen LogP contribution >= 0.6 is 12.4 Å². The normalized spacial score (nSPS) is 30.6. The number of imide groups is 1. The van der Waals surface area contributed by atoms with E-state index in [1.807, 2.05) is 0 Å². The number of carbonyl (C=O) groups excluding carboxylic acids is 3. The molecule has 1 aromatic carbocycles. The Labute approximate surface area is 176 Å². The number of ether oxygens (including phenoxy) is 1. The minimum Gasteiger partial charge on any atom is -0.497 e. The fourth-order valence-corrected chi connectivity index (χ4v) is 4.55. The summed E-state index contributed by atoms with van der Waals surface area (Å²) >= 11 is 0. The maximum absolute atomic E-state index is 13.0. The van der Waals surface area contributed by atoms with Crippen molar-refractivity contribution in [2.45, 2.75) is 56.3 Å². The third kappa shape index (κ3) is 4.04. The number of nitrogens with zero attached hydrogens (tertiary/aromatic N) is 1. The van der Waals surface area contributed by atoms with E-state index in [2.05, 4.69) is 16.0 Å². The lowest BCUT2D eigenvalue weighted by Gasteiger charge is -2.30. The Morgan fingerprint density at radius 1 is 1.21 bits per heavy atom. The summed E-state index contributed by atoms with van der Waals surface area (Å²) in [7, 11) is 1.56. The Balaban J connectivity index is 0.00000240.